The summed E-state index contributed by atoms with van der Waals surface area (Å²) < 4.78 is 19.8. The Balaban J connectivity index is 1.42. The maximum absolute atomic E-state index is 13.9. The van der Waals surface area contributed by atoms with E-state index in [-0.39, 0.29) is 38.8 Å². The largest absolute Gasteiger partial charge is 0.482 e. The van der Waals surface area contributed by atoms with E-state index >= 15 is 0 Å². The van der Waals surface area contributed by atoms with Crippen molar-refractivity contribution in [2.45, 2.75) is 20.0 Å². The van der Waals surface area contributed by atoms with Crippen LogP contribution >= 0.6 is 23.2 Å². The number of piperazine rings is 1. The Morgan fingerprint density at radius 3 is 2.45 bits per heavy atom. The fourth-order valence-corrected chi connectivity index (χ4v) is 4.77. The van der Waals surface area contributed by atoms with Gasteiger partial charge in [0.2, 0.25) is 0 Å². The van der Waals surface area contributed by atoms with Crippen molar-refractivity contribution < 1.29 is 18.7 Å². The van der Waals surface area contributed by atoms with Crippen LogP contribution in [0.3, 0.4) is 0 Å². The molecule has 2 heterocycles. The fraction of sp³-hybridized carbons (Fsp3) is 0.308. The molecule has 1 saturated heterocycles. The molecule has 1 aromatic heterocycles. The van der Waals surface area contributed by atoms with Gasteiger partial charge in [-0.1, -0.05) is 30.1 Å². The Hall–Kier alpha value is -3.47. The lowest BCUT2D eigenvalue weighted by atomic mass is 10.1. The number of nitrogen functional groups attached to an aromatic ring is 1. The number of benzene rings is 2. The highest BCUT2D eigenvalue weighted by atomic mass is 35.5. The first-order valence-electron chi connectivity index (χ1n) is 12.0. The van der Waals surface area contributed by atoms with E-state index in [9.17, 15) is 14.0 Å². The van der Waals surface area contributed by atoms with Gasteiger partial charge in [-0.3, -0.25) is 9.59 Å². The van der Waals surface area contributed by atoms with Gasteiger partial charge in [-0.15, -0.1) is 10.2 Å². The van der Waals surface area contributed by atoms with Crippen molar-refractivity contribution in [2.24, 2.45) is 0 Å². The first-order valence-corrected chi connectivity index (χ1v) is 12.8. The number of nitrogens with one attached hydrogen (secondary N) is 1. The van der Waals surface area contributed by atoms with E-state index in [4.69, 9.17) is 33.7 Å². The van der Waals surface area contributed by atoms with Crippen LogP contribution in [0.15, 0.2) is 42.5 Å². The van der Waals surface area contributed by atoms with E-state index in [0.29, 0.717) is 24.3 Å². The lowest BCUT2D eigenvalue weighted by Crippen LogP contribution is -2.48. The second-order valence-electron chi connectivity index (χ2n) is 8.75. The van der Waals surface area contributed by atoms with E-state index in [2.05, 4.69) is 27.3 Å². The molecule has 3 N–H and O–H groups in total. The number of hydrogen-bond donors (Lipinski definition) is 2. The summed E-state index contributed by atoms with van der Waals surface area (Å²) in [6, 6.07) is 10.5. The van der Waals surface area contributed by atoms with Crippen LogP contribution in [0.2, 0.25) is 10.0 Å². The molecule has 0 spiro atoms. The normalized spacial score (nSPS) is 14.7. The van der Waals surface area contributed by atoms with Gasteiger partial charge in [0.05, 0.1) is 5.02 Å². The van der Waals surface area contributed by atoms with Crippen molar-refractivity contribution in [3.63, 3.8) is 0 Å². The molecule has 38 heavy (non-hydrogen) atoms. The Morgan fingerprint density at radius 1 is 1.11 bits per heavy atom. The predicted molar refractivity (Wildman–Crippen MR) is 144 cm³/mol. The quantitative estimate of drug-likeness (QED) is 0.403. The number of nitrogens with zero attached hydrogens (tertiary/aromatic N) is 4. The summed E-state index contributed by atoms with van der Waals surface area (Å²) >= 11 is 12.3. The second-order valence-corrected chi connectivity index (χ2v) is 9.54. The third-order valence-electron chi connectivity index (χ3n) is 6.30. The maximum atomic E-state index is 13.9. The van der Waals surface area contributed by atoms with Crippen molar-refractivity contribution in [1.29, 1.82) is 0 Å². The van der Waals surface area contributed by atoms with Crippen molar-refractivity contribution in [2.75, 3.05) is 43.8 Å². The van der Waals surface area contributed by atoms with Gasteiger partial charge in [-0.2, -0.15) is 0 Å². The van der Waals surface area contributed by atoms with Gasteiger partial charge in [0, 0.05) is 54.1 Å². The van der Waals surface area contributed by atoms with Gasteiger partial charge in [0.1, 0.15) is 11.9 Å². The number of ether oxygens (including phenoxy) is 1. The van der Waals surface area contributed by atoms with Gasteiger partial charge in [-0.05, 0) is 49.9 Å². The van der Waals surface area contributed by atoms with E-state index in [1.807, 2.05) is 4.90 Å². The van der Waals surface area contributed by atoms with Gasteiger partial charge in [-0.25, -0.2) is 4.39 Å². The number of halogens is 3. The van der Waals surface area contributed by atoms with Crippen LogP contribution < -0.4 is 15.8 Å². The number of carbonyl (C=O) groups excluding carboxylic acids is 2. The Morgan fingerprint density at radius 2 is 1.79 bits per heavy atom. The summed E-state index contributed by atoms with van der Waals surface area (Å²) in [6.45, 7) is 7.75. The highest BCUT2D eigenvalue weighted by Crippen LogP contribution is 2.35. The molecule has 0 aliphatic carbocycles. The summed E-state index contributed by atoms with van der Waals surface area (Å²) in [7, 11) is 0. The molecule has 0 radical (unpaired) electrons. The van der Waals surface area contributed by atoms with Crippen molar-refractivity contribution >= 4 is 46.5 Å². The molecule has 1 aliphatic heterocycles. The number of hydrogen-bond acceptors (Lipinski definition) is 7. The first-order chi connectivity index (χ1) is 18.2. The average Bonchev–Trinajstić information content (AvgIpc) is 2.92. The second kappa shape index (κ2) is 11.9. The van der Waals surface area contributed by atoms with Crippen LogP contribution in [0, 0.1) is 5.82 Å². The van der Waals surface area contributed by atoms with Crippen LogP contribution in [-0.4, -0.2) is 64.5 Å². The van der Waals surface area contributed by atoms with E-state index in [0.717, 1.165) is 25.7 Å². The fourth-order valence-electron chi connectivity index (χ4n) is 4.10. The Labute approximate surface area is 229 Å². The van der Waals surface area contributed by atoms with Crippen LogP contribution in [0.1, 0.15) is 46.4 Å². The molecule has 1 fully saturated rings. The standard InChI is InChI=1S/C26H27Cl2FN6O3/c1-3-34-10-12-35(13-11-34)26(37)16-4-6-17(7-5-16)31-25(36)20-14-21(24(30)33-32-20)38-15(2)22-18(27)8-9-19(29)23(22)28/h4-9,14-15H,3,10-13H2,1-2H3,(H2,30,33)(H,31,36). The van der Waals surface area contributed by atoms with Crippen LogP contribution in [0.25, 0.3) is 0 Å². The molecular weight excluding hydrogens is 534 g/mol. The minimum Gasteiger partial charge on any atom is -0.482 e. The number of aromatic nitrogens is 2. The predicted octanol–water partition coefficient (Wildman–Crippen LogP) is 4.67. The third kappa shape index (κ3) is 6.15. The zero-order chi connectivity index (χ0) is 27.4. The molecule has 2 amide bonds. The third-order valence-corrected chi connectivity index (χ3v) is 7.02. The number of nitrogens with two attached hydrogens (primary N) is 1. The maximum Gasteiger partial charge on any atom is 0.276 e. The van der Waals surface area contributed by atoms with Crippen molar-refractivity contribution in [3.05, 3.63) is 75.1 Å². The average molecular weight is 561 g/mol. The SMILES string of the molecule is CCN1CCN(C(=O)c2ccc(NC(=O)c3cc(OC(C)c4c(Cl)ccc(F)c4Cl)c(N)nn3)cc2)CC1. The molecule has 0 saturated carbocycles. The molecule has 9 nitrogen and oxygen atoms in total. The summed E-state index contributed by atoms with van der Waals surface area (Å²) in [5.41, 5.74) is 7.07. The van der Waals surface area contributed by atoms with Crippen LogP contribution in [-0.2, 0) is 0 Å². The topological polar surface area (TPSA) is 114 Å². The smallest absolute Gasteiger partial charge is 0.276 e. The van der Waals surface area contributed by atoms with E-state index in [1.165, 1.54) is 12.1 Å². The van der Waals surface area contributed by atoms with E-state index < -0.39 is 17.8 Å². The summed E-state index contributed by atoms with van der Waals surface area (Å²) in [5.74, 6) is -1.27. The number of carbonyl (C=O) groups is 2. The molecule has 4 rings (SSSR count). The van der Waals surface area contributed by atoms with Crippen LogP contribution in [0.5, 0.6) is 5.75 Å². The zero-order valence-electron chi connectivity index (χ0n) is 20.9. The minimum absolute atomic E-state index is 0.0440. The van der Waals surface area contributed by atoms with Gasteiger partial charge < -0.3 is 25.6 Å². The first kappa shape index (κ1) is 27.6. The molecule has 200 valence electrons. The highest BCUT2D eigenvalue weighted by molar-refractivity contribution is 6.36. The summed E-state index contributed by atoms with van der Waals surface area (Å²) in [4.78, 5) is 29.8. The number of anilines is 2. The Kier molecular flexibility index (Phi) is 8.65. The molecule has 1 atom stereocenters. The lowest BCUT2D eigenvalue weighted by Gasteiger charge is -2.34. The summed E-state index contributed by atoms with van der Waals surface area (Å²) in [5, 5.41) is 10.4. The number of rotatable bonds is 7. The minimum atomic E-state index is -0.803. The monoisotopic (exact) mass is 560 g/mol. The molecule has 1 aliphatic rings. The number of likely N-dealkylation sites (N-methyl/N-ethyl adjacent to an activating group) is 1. The molecule has 1 unspecified atom stereocenters. The lowest BCUT2D eigenvalue weighted by molar-refractivity contribution is 0.0643. The van der Waals surface area contributed by atoms with Crippen molar-refractivity contribution in [3.8, 4) is 5.75 Å². The van der Waals surface area contributed by atoms with E-state index in [1.54, 1.807) is 31.2 Å². The molecular formula is C26H27Cl2FN6O3. The summed E-state index contributed by atoms with van der Waals surface area (Å²) in [6.07, 6.45) is -0.803. The van der Waals surface area contributed by atoms with Crippen LogP contribution in [0.4, 0.5) is 15.9 Å². The zero-order valence-corrected chi connectivity index (χ0v) is 22.4. The molecule has 3 aromatic rings. The molecule has 2 aromatic carbocycles. The van der Waals surface area contributed by atoms with Gasteiger partial charge in [0.15, 0.2) is 17.3 Å². The van der Waals surface area contributed by atoms with Gasteiger partial charge >= 0.3 is 0 Å². The highest BCUT2D eigenvalue weighted by Gasteiger charge is 2.23. The number of amides is 2. The molecule has 12 heteroatoms. The molecule has 0 bridgehead atoms. The Bertz CT molecular complexity index is 1330. The van der Waals surface area contributed by atoms with Gasteiger partial charge in [0.25, 0.3) is 11.8 Å². The van der Waals surface area contributed by atoms with Crippen molar-refractivity contribution in [1.82, 2.24) is 20.0 Å².